The first-order chi connectivity index (χ1) is 9.15. The van der Waals surface area contributed by atoms with Gasteiger partial charge in [0.05, 0.1) is 23.6 Å². The third kappa shape index (κ3) is 3.48. The quantitative estimate of drug-likeness (QED) is 0.598. The maximum absolute atomic E-state index is 12.1. The molecule has 107 valence electrons. The van der Waals surface area contributed by atoms with E-state index in [1.807, 2.05) is 19.1 Å². The van der Waals surface area contributed by atoms with Gasteiger partial charge in [0.1, 0.15) is 4.88 Å². The number of rotatable bonds is 2. The number of anilines is 2. The average molecular weight is 377 g/mol. The summed E-state index contributed by atoms with van der Waals surface area (Å²) in [4.78, 5) is 16.5. The van der Waals surface area contributed by atoms with Gasteiger partial charge in [0.2, 0.25) is 0 Å². The minimum Gasteiger partial charge on any atom is -0.375 e. The summed E-state index contributed by atoms with van der Waals surface area (Å²) >= 11 is 1.16. The smallest absolute Gasteiger partial charge is 0.267 e. The number of thiazole rings is 1. The molecule has 0 spiro atoms. The first-order valence-corrected chi connectivity index (χ1v) is 6.42. The predicted molar refractivity (Wildman–Crippen MR) is 81.7 cm³/mol. The summed E-state index contributed by atoms with van der Waals surface area (Å²) in [5.41, 5.74) is 8.13. The van der Waals surface area contributed by atoms with Crippen LogP contribution in [0.15, 0.2) is 24.5 Å². The molecule has 0 aliphatic heterocycles. The van der Waals surface area contributed by atoms with Crippen LogP contribution in [0.25, 0.3) is 10.9 Å². The van der Waals surface area contributed by atoms with Crippen molar-refractivity contribution in [1.29, 1.82) is 0 Å². The Bertz CT molecular complexity index is 767. The first-order valence-electron chi connectivity index (χ1n) is 5.60. The van der Waals surface area contributed by atoms with Crippen LogP contribution in [0.3, 0.4) is 0 Å². The van der Waals surface area contributed by atoms with E-state index < -0.39 is 0 Å². The number of nitrogen functional groups attached to an aromatic ring is 1. The van der Waals surface area contributed by atoms with Crippen molar-refractivity contribution in [1.82, 2.24) is 15.2 Å². The standard InChI is InChI=1S/C12H11N5OS.CH3.Y/c1-6-2-3-8-7(4-15-17-8)10(6)16-11(18)9-5-14-12(13)19-9;;/h2-5H,1H3,(H2,13,14)(H,15,17)(H,16,18);1H3;/q;-1;. The summed E-state index contributed by atoms with van der Waals surface area (Å²) in [6.45, 7) is 1.93. The van der Waals surface area contributed by atoms with E-state index in [0.717, 1.165) is 33.5 Å². The molecule has 4 N–H and O–H groups in total. The van der Waals surface area contributed by atoms with Gasteiger partial charge in [-0.25, -0.2) is 4.98 Å². The number of aryl methyl sites for hydroxylation is 1. The molecule has 3 rings (SSSR count). The molecule has 1 radical (unpaired) electrons. The fraction of sp³-hybridized carbons (Fsp3) is 0.0769. The van der Waals surface area contributed by atoms with Crippen LogP contribution < -0.4 is 11.1 Å². The molecule has 6 nitrogen and oxygen atoms in total. The molecule has 1 aromatic carbocycles. The molecule has 0 aliphatic rings. The van der Waals surface area contributed by atoms with E-state index in [1.165, 1.54) is 6.20 Å². The summed E-state index contributed by atoms with van der Waals surface area (Å²) in [5, 5.41) is 11.0. The number of H-pyrrole nitrogens is 1. The Morgan fingerprint density at radius 2 is 2.14 bits per heavy atom. The van der Waals surface area contributed by atoms with Crippen LogP contribution in [0.1, 0.15) is 15.2 Å². The molecule has 0 saturated carbocycles. The van der Waals surface area contributed by atoms with Crippen molar-refractivity contribution < 1.29 is 37.5 Å². The van der Waals surface area contributed by atoms with Crippen LogP contribution >= 0.6 is 11.3 Å². The minimum atomic E-state index is -0.217. The monoisotopic (exact) mass is 377 g/mol. The van der Waals surface area contributed by atoms with Crippen LogP contribution in [0.2, 0.25) is 0 Å². The summed E-state index contributed by atoms with van der Waals surface area (Å²) in [5.74, 6) is -0.217. The maximum Gasteiger partial charge on any atom is 0.267 e. The topological polar surface area (TPSA) is 96.7 Å². The number of aromatic nitrogens is 3. The van der Waals surface area contributed by atoms with Gasteiger partial charge in [-0.3, -0.25) is 9.89 Å². The molecule has 8 heteroatoms. The van der Waals surface area contributed by atoms with Gasteiger partial charge in [0.15, 0.2) is 5.13 Å². The number of benzene rings is 1. The molecule has 1 amide bonds. The molecule has 0 bridgehead atoms. The second-order valence-electron chi connectivity index (χ2n) is 4.11. The van der Waals surface area contributed by atoms with Gasteiger partial charge in [0.25, 0.3) is 5.91 Å². The molecule has 0 saturated heterocycles. The predicted octanol–water partition coefficient (Wildman–Crippen LogP) is 2.61. The number of carbonyl (C=O) groups is 1. The summed E-state index contributed by atoms with van der Waals surface area (Å²) < 4.78 is 0. The van der Waals surface area contributed by atoms with E-state index in [2.05, 4.69) is 20.5 Å². The number of fused-ring (bicyclic) bond motifs is 1. The van der Waals surface area contributed by atoms with Crippen molar-refractivity contribution in [2.45, 2.75) is 6.92 Å². The molecule has 0 fully saturated rings. The van der Waals surface area contributed by atoms with Gasteiger partial charge >= 0.3 is 0 Å². The van der Waals surface area contributed by atoms with Crippen molar-refractivity contribution >= 4 is 39.0 Å². The van der Waals surface area contributed by atoms with E-state index in [0.29, 0.717) is 10.0 Å². The maximum atomic E-state index is 12.1. The van der Waals surface area contributed by atoms with Crippen molar-refractivity contribution in [3.63, 3.8) is 0 Å². The second kappa shape index (κ2) is 7.11. The molecule has 2 aromatic heterocycles. The van der Waals surface area contributed by atoms with E-state index in [4.69, 9.17) is 5.73 Å². The van der Waals surface area contributed by atoms with Gasteiger partial charge in [0, 0.05) is 38.1 Å². The number of hydrogen-bond donors (Lipinski definition) is 3. The van der Waals surface area contributed by atoms with Crippen molar-refractivity contribution in [3.8, 4) is 0 Å². The molecule has 21 heavy (non-hydrogen) atoms. The molecular formula is C13H14N5OSY-. The van der Waals surface area contributed by atoms with Crippen molar-refractivity contribution in [2.24, 2.45) is 0 Å². The molecule has 3 aromatic rings. The van der Waals surface area contributed by atoms with Gasteiger partial charge in [-0.05, 0) is 18.6 Å². The van der Waals surface area contributed by atoms with Crippen LogP contribution in [-0.2, 0) is 32.7 Å². The molecular weight excluding hydrogens is 363 g/mol. The summed E-state index contributed by atoms with van der Waals surface area (Å²) in [6, 6.07) is 3.86. The Labute approximate surface area is 151 Å². The SMILES string of the molecule is Cc1ccc2[nH]ncc2c1NC(=O)c1cnc(N)s1.[CH3-].[Y]. The zero-order chi connectivity index (χ0) is 13.4. The summed E-state index contributed by atoms with van der Waals surface area (Å²) in [6.07, 6.45) is 3.17. The fourth-order valence-electron chi connectivity index (χ4n) is 1.86. The number of amides is 1. The Hall–Kier alpha value is -1.31. The van der Waals surface area contributed by atoms with Gasteiger partial charge in [-0.1, -0.05) is 17.4 Å². The first kappa shape index (κ1) is 17.7. The number of hydrogen-bond acceptors (Lipinski definition) is 5. The number of carbonyl (C=O) groups excluding carboxylic acids is 1. The van der Waals surface area contributed by atoms with Gasteiger partial charge in [-0.15, -0.1) is 0 Å². The number of nitrogens with zero attached hydrogens (tertiary/aromatic N) is 2. The minimum absolute atomic E-state index is 0. The Morgan fingerprint density at radius 3 is 2.81 bits per heavy atom. The zero-order valence-electron chi connectivity index (χ0n) is 11.7. The third-order valence-electron chi connectivity index (χ3n) is 2.82. The van der Waals surface area contributed by atoms with Crippen LogP contribution in [-0.4, -0.2) is 21.1 Å². The Kier molecular flexibility index (Phi) is 6.01. The second-order valence-corrected chi connectivity index (χ2v) is 5.17. The van der Waals surface area contributed by atoms with E-state index in [-0.39, 0.29) is 46.0 Å². The van der Waals surface area contributed by atoms with Crippen molar-refractivity contribution in [3.05, 3.63) is 42.4 Å². The van der Waals surface area contributed by atoms with E-state index >= 15 is 0 Å². The summed E-state index contributed by atoms with van der Waals surface area (Å²) in [7, 11) is 0. The van der Waals surface area contributed by atoms with Crippen LogP contribution in [0.5, 0.6) is 0 Å². The number of nitrogens with two attached hydrogens (primary N) is 1. The molecule has 2 heterocycles. The third-order valence-corrected chi connectivity index (χ3v) is 3.64. The fourth-order valence-corrected chi connectivity index (χ4v) is 2.44. The van der Waals surface area contributed by atoms with Gasteiger partial charge < -0.3 is 18.5 Å². The molecule has 0 atom stereocenters. The molecule has 0 aliphatic carbocycles. The van der Waals surface area contributed by atoms with Crippen LogP contribution in [0, 0.1) is 14.4 Å². The number of nitrogens with one attached hydrogen (secondary N) is 2. The van der Waals surface area contributed by atoms with Crippen molar-refractivity contribution in [2.75, 3.05) is 11.1 Å². The largest absolute Gasteiger partial charge is 0.375 e. The Morgan fingerprint density at radius 1 is 1.38 bits per heavy atom. The van der Waals surface area contributed by atoms with E-state index in [1.54, 1.807) is 6.20 Å². The molecule has 0 unspecified atom stereocenters. The zero-order valence-corrected chi connectivity index (χ0v) is 15.3. The van der Waals surface area contributed by atoms with E-state index in [9.17, 15) is 4.79 Å². The number of aromatic amines is 1. The normalized spacial score (nSPS) is 9.76. The Balaban J connectivity index is 0.00000110. The van der Waals surface area contributed by atoms with Crippen LogP contribution in [0.4, 0.5) is 10.8 Å². The average Bonchev–Trinajstić information content (AvgIpc) is 3.01. The van der Waals surface area contributed by atoms with Gasteiger partial charge in [-0.2, -0.15) is 5.10 Å².